The Morgan fingerprint density at radius 2 is 1.70 bits per heavy atom. The van der Waals surface area contributed by atoms with E-state index < -0.39 is 0 Å². The maximum atomic E-state index is 14.0. The van der Waals surface area contributed by atoms with Gasteiger partial charge in [0.05, 0.1) is 5.83 Å². The van der Waals surface area contributed by atoms with E-state index in [0.29, 0.717) is 18.4 Å². The molecule has 0 heterocycles. The first-order chi connectivity index (χ1) is 9.56. The average Bonchev–Trinajstić information content (AvgIpc) is 2.41. The SMILES string of the molecule is C/C(F)=C\CCc1ccc(-c2ccc(C)cc2)cc1F. The molecule has 0 nitrogen and oxygen atoms in total. The van der Waals surface area contributed by atoms with Crippen LogP contribution in [-0.2, 0) is 6.42 Å². The summed E-state index contributed by atoms with van der Waals surface area (Å²) in [7, 11) is 0. The second-order valence-corrected chi connectivity index (χ2v) is 5.00. The number of hydrogen-bond acceptors (Lipinski definition) is 0. The highest BCUT2D eigenvalue weighted by molar-refractivity contribution is 5.64. The van der Waals surface area contributed by atoms with Gasteiger partial charge in [0.2, 0.25) is 0 Å². The summed E-state index contributed by atoms with van der Waals surface area (Å²) in [4.78, 5) is 0. The Morgan fingerprint density at radius 3 is 2.30 bits per heavy atom. The lowest BCUT2D eigenvalue weighted by Crippen LogP contribution is -1.91. The van der Waals surface area contributed by atoms with E-state index in [4.69, 9.17) is 0 Å². The molecule has 0 radical (unpaired) electrons. The van der Waals surface area contributed by atoms with Crippen molar-refractivity contribution in [3.63, 3.8) is 0 Å². The van der Waals surface area contributed by atoms with Crippen molar-refractivity contribution in [3.8, 4) is 11.1 Å². The van der Waals surface area contributed by atoms with Crippen LogP contribution in [0.1, 0.15) is 24.5 Å². The average molecular weight is 272 g/mol. The van der Waals surface area contributed by atoms with Crippen molar-refractivity contribution in [3.05, 3.63) is 71.3 Å². The van der Waals surface area contributed by atoms with Crippen LogP contribution in [0.3, 0.4) is 0 Å². The van der Waals surface area contributed by atoms with Gasteiger partial charge in [0.15, 0.2) is 0 Å². The number of allylic oxidation sites excluding steroid dienone is 2. The van der Waals surface area contributed by atoms with Crippen LogP contribution >= 0.6 is 0 Å². The standard InChI is InChI=1S/C18H18F2/c1-13-6-8-15(9-7-13)17-11-10-16(18(20)12-17)5-3-4-14(2)19/h4,6-12H,3,5H2,1-2H3/b14-4+. The van der Waals surface area contributed by atoms with Gasteiger partial charge in [-0.05, 0) is 49.4 Å². The topological polar surface area (TPSA) is 0 Å². The summed E-state index contributed by atoms with van der Waals surface area (Å²) in [6, 6.07) is 13.2. The Labute approximate surface area is 118 Å². The third-order valence-corrected chi connectivity index (χ3v) is 3.28. The molecule has 0 saturated heterocycles. The monoisotopic (exact) mass is 272 g/mol. The van der Waals surface area contributed by atoms with Crippen molar-refractivity contribution in [2.24, 2.45) is 0 Å². The summed E-state index contributed by atoms with van der Waals surface area (Å²) in [5, 5.41) is 0. The van der Waals surface area contributed by atoms with Gasteiger partial charge in [0.1, 0.15) is 5.82 Å². The smallest absolute Gasteiger partial charge is 0.127 e. The minimum atomic E-state index is -0.229. The zero-order chi connectivity index (χ0) is 14.5. The summed E-state index contributed by atoms with van der Waals surface area (Å²) >= 11 is 0. The van der Waals surface area contributed by atoms with Crippen LogP contribution in [0.15, 0.2) is 54.4 Å². The molecule has 2 aromatic rings. The second-order valence-electron chi connectivity index (χ2n) is 5.00. The van der Waals surface area contributed by atoms with E-state index in [9.17, 15) is 8.78 Å². The molecule has 0 spiro atoms. The number of aryl methyl sites for hydroxylation is 2. The molecule has 0 unspecified atom stereocenters. The van der Waals surface area contributed by atoms with Crippen molar-refractivity contribution in [2.75, 3.05) is 0 Å². The molecule has 2 aromatic carbocycles. The van der Waals surface area contributed by atoms with Crippen molar-refractivity contribution < 1.29 is 8.78 Å². The van der Waals surface area contributed by atoms with E-state index in [2.05, 4.69) is 0 Å². The van der Waals surface area contributed by atoms with Crippen molar-refractivity contribution in [2.45, 2.75) is 26.7 Å². The number of benzene rings is 2. The molecule has 20 heavy (non-hydrogen) atoms. The van der Waals surface area contributed by atoms with Gasteiger partial charge in [0, 0.05) is 0 Å². The molecule has 0 aliphatic heterocycles. The largest absolute Gasteiger partial charge is 0.212 e. The Kier molecular flexibility index (Phi) is 4.67. The first-order valence-electron chi connectivity index (χ1n) is 6.74. The summed E-state index contributed by atoms with van der Waals surface area (Å²) in [5.41, 5.74) is 3.67. The lowest BCUT2D eigenvalue weighted by molar-refractivity contribution is 0.606. The van der Waals surface area contributed by atoms with Crippen LogP contribution in [0, 0.1) is 12.7 Å². The Morgan fingerprint density at radius 1 is 1.05 bits per heavy atom. The zero-order valence-corrected chi connectivity index (χ0v) is 11.8. The quantitative estimate of drug-likeness (QED) is 0.679. The van der Waals surface area contributed by atoms with Crippen molar-refractivity contribution >= 4 is 0 Å². The van der Waals surface area contributed by atoms with Gasteiger partial charge in [-0.2, -0.15) is 0 Å². The van der Waals surface area contributed by atoms with E-state index in [1.807, 2.05) is 37.3 Å². The van der Waals surface area contributed by atoms with Crippen LogP contribution in [0.25, 0.3) is 11.1 Å². The molecule has 0 fully saturated rings. The van der Waals surface area contributed by atoms with Crippen LogP contribution in [0.4, 0.5) is 8.78 Å². The van der Waals surface area contributed by atoms with Gasteiger partial charge < -0.3 is 0 Å². The minimum Gasteiger partial charge on any atom is -0.212 e. The van der Waals surface area contributed by atoms with Crippen molar-refractivity contribution in [1.29, 1.82) is 0 Å². The molecular formula is C18H18F2. The molecule has 0 amide bonds. The second kappa shape index (κ2) is 6.47. The highest BCUT2D eigenvalue weighted by Gasteiger charge is 2.05. The van der Waals surface area contributed by atoms with E-state index in [1.54, 1.807) is 12.1 Å². The molecule has 0 aromatic heterocycles. The van der Waals surface area contributed by atoms with Crippen LogP contribution < -0.4 is 0 Å². The normalized spacial score (nSPS) is 11.7. The minimum absolute atomic E-state index is 0.221. The highest BCUT2D eigenvalue weighted by atomic mass is 19.1. The number of halogens is 2. The molecule has 0 N–H and O–H groups in total. The first kappa shape index (κ1) is 14.4. The fourth-order valence-electron chi connectivity index (χ4n) is 2.10. The number of hydrogen-bond donors (Lipinski definition) is 0. The van der Waals surface area contributed by atoms with Gasteiger partial charge >= 0.3 is 0 Å². The van der Waals surface area contributed by atoms with Gasteiger partial charge in [-0.1, -0.05) is 48.0 Å². The Hall–Kier alpha value is -1.96. The summed E-state index contributed by atoms with van der Waals surface area (Å²) in [6.45, 7) is 3.42. The molecule has 2 rings (SSSR count). The van der Waals surface area contributed by atoms with Crippen LogP contribution in [0.5, 0.6) is 0 Å². The third kappa shape index (κ3) is 3.77. The molecule has 0 aliphatic rings. The third-order valence-electron chi connectivity index (χ3n) is 3.28. The lowest BCUT2D eigenvalue weighted by Gasteiger charge is -2.06. The predicted molar refractivity (Wildman–Crippen MR) is 79.8 cm³/mol. The fraction of sp³-hybridized carbons (Fsp3) is 0.222. The highest BCUT2D eigenvalue weighted by Crippen LogP contribution is 2.23. The van der Waals surface area contributed by atoms with E-state index >= 15 is 0 Å². The summed E-state index contributed by atoms with van der Waals surface area (Å²) in [6.07, 6.45) is 2.51. The molecule has 0 saturated carbocycles. The van der Waals surface area contributed by atoms with Crippen molar-refractivity contribution in [1.82, 2.24) is 0 Å². The molecule has 0 aliphatic carbocycles. The van der Waals surface area contributed by atoms with Gasteiger partial charge in [-0.15, -0.1) is 0 Å². The zero-order valence-electron chi connectivity index (χ0n) is 11.8. The number of rotatable bonds is 4. The summed E-state index contributed by atoms with van der Waals surface area (Å²) in [5.74, 6) is -0.449. The predicted octanol–water partition coefficient (Wildman–Crippen LogP) is 5.61. The molecule has 104 valence electrons. The van der Waals surface area contributed by atoms with Crippen LogP contribution in [0.2, 0.25) is 0 Å². The molecule has 0 atom stereocenters. The molecular weight excluding hydrogens is 254 g/mol. The van der Waals surface area contributed by atoms with Gasteiger partial charge in [-0.3, -0.25) is 0 Å². The molecule has 2 heteroatoms. The first-order valence-corrected chi connectivity index (χ1v) is 6.74. The lowest BCUT2D eigenvalue weighted by atomic mass is 10.0. The van der Waals surface area contributed by atoms with Crippen LogP contribution in [-0.4, -0.2) is 0 Å². The maximum Gasteiger partial charge on any atom is 0.127 e. The fourth-order valence-corrected chi connectivity index (χ4v) is 2.10. The Balaban J connectivity index is 2.17. The van der Waals surface area contributed by atoms with E-state index in [1.165, 1.54) is 18.6 Å². The molecule has 0 bridgehead atoms. The van der Waals surface area contributed by atoms with Gasteiger partial charge in [0.25, 0.3) is 0 Å². The summed E-state index contributed by atoms with van der Waals surface area (Å²) < 4.78 is 26.6. The van der Waals surface area contributed by atoms with E-state index in [0.717, 1.165) is 11.1 Å². The van der Waals surface area contributed by atoms with E-state index in [-0.39, 0.29) is 11.6 Å². The van der Waals surface area contributed by atoms with Gasteiger partial charge in [-0.25, -0.2) is 8.78 Å². The maximum absolute atomic E-state index is 14.0. The Bertz CT molecular complexity index is 606.